The van der Waals surface area contributed by atoms with Crippen LogP contribution >= 0.6 is 11.6 Å². The predicted molar refractivity (Wildman–Crippen MR) is 151 cm³/mol. The molecule has 1 saturated heterocycles. The molecule has 212 valence electrons. The van der Waals surface area contributed by atoms with Crippen molar-refractivity contribution in [1.82, 2.24) is 14.5 Å². The fourth-order valence-electron chi connectivity index (χ4n) is 6.22. The minimum atomic E-state index is -3.92. The average Bonchev–Trinajstić information content (AvgIpc) is 3.46. The van der Waals surface area contributed by atoms with Crippen molar-refractivity contribution in [3.8, 4) is 16.9 Å². The maximum Gasteiger partial charge on any atom is 0.244 e. The number of carbonyl (C=O) groups is 1. The summed E-state index contributed by atoms with van der Waals surface area (Å²) in [7, 11) is -1.99. The number of sulfonamides is 1. The maximum absolute atomic E-state index is 13.3. The van der Waals surface area contributed by atoms with Gasteiger partial charge in [0.05, 0.1) is 12.7 Å². The quantitative estimate of drug-likeness (QED) is 0.566. The Labute approximate surface area is 236 Å². The van der Waals surface area contributed by atoms with Gasteiger partial charge in [-0.15, -0.1) is 0 Å². The van der Waals surface area contributed by atoms with Crippen molar-refractivity contribution in [1.29, 1.82) is 0 Å². The van der Waals surface area contributed by atoms with Gasteiger partial charge in [-0.3, -0.25) is 4.79 Å². The number of likely N-dealkylation sites (N-methyl/N-ethyl adjacent to an activating group) is 1. The molecule has 2 aliphatic heterocycles. The Morgan fingerprint density at radius 1 is 1.08 bits per heavy atom. The average molecular weight is 576 g/mol. The molecule has 1 atom stereocenters. The molecule has 5 rings (SSSR count). The number of benzene rings is 2. The number of aliphatic hydroxyl groups is 1. The van der Waals surface area contributed by atoms with E-state index >= 15 is 0 Å². The van der Waals surface area contributed by atoms with Crippen molar-refractivity contribution in [3.63, 3.8) is 0 Å². The van der Waals surface area contributed by atoms with Gasteiger partial charge in [-0.2, -0.15) is 0 Å². The molecular weight excluding hydrogens is 538 g/mol. The second-order valence-corrected chi connectivity index (χ2v) is 13.6. The van der Waals surface area contributed by atoms with E-state index in [0.29, 0.717) is 37.8 Å². The van der Waals surface area contributed by atoms with E-state index < -0.39 is 16.1 Å². The van der Waals surface area contributed by atoms with E-state index in [2.05, 4.69) is 4.72 Å². The Morgan fingerprint density at radius 3 is 2.44 bits per heavy atom. The normalized spacial score (nSPS) is 24.4. The van der Waals surface area contributed by atoms with Gasteiger partial charge in [0.1, 0.15) is 10.6 Å². The smallest absolute Gasteiger partial charge is 0.244 e. The summed E-state index contributed by atoms with van der Waals surface area (Å²) in [5.41, 5.74) is 1.42. The number of ether oxygens (including phenoxy) is 1. The molecule has 2 N–H and O–H groups in total. The summed E-state index contributed by atoms with van der Waals surface area (Å²) in [6.07, 6.45) is 4.88. The first-order valence-corrected chi connectivity index (χ1v) is 15.7. The van der Waals surface area contributed by atoms with Gasteiger partial charge in [-0.25, -0.2) is 13.1 Å². The molecule has 10 heteroatoms. The third-order valence-electron chi connectivity index (χ3n) is 8.42. The van der Waals surface area contributed by atoms with E-state index in [0.717, 1.165) is 49.7 Å². The lowest BCUT2D eigenvalue weighted by Gasteiger charge is -2.44. The first-order valence-electron chi connectivity index (χ1n) is 13.8. The number of rotatable bonds is 2. The first-order chi connectivity index (χ1) is 18.6. The molecule has 2 aromatic rings. The van der Waals surface area contributed by atoms with Crippen molar-refractivity contribution in [2.75, 3.05) is 46.4 Å². The first kappa shape index (κ1) is 28.4. The van der Waals surface area contributed by atoms with Crippen LogP contribution in [-0.4, -0.2) is 81.7 Å². The summed E-state index contributed by atoms with van der Waals surface area (Å²) < 4.78 is 35.5. The SMILES string of the molecule is CN1CC(O)CNS(=O)(=O)c2ccc(-c3ccc(Cl)cc3)cc2OCC2(CCN(C(=O)C3CCCC3)CC2)C1. The number of piperidine rings is 1. The lowest BCUT2D eigenvalue weighted by Crippen LogP contribution is -2.52. The highest BCUT2D eigenvalue weighted by Gasteiger charge is 2.40. The molecule has 0 radical (unpaired) electrons. The predicted octanol–water partition coefficient (Wildman–Crippen LogP) is 3.77. The number of nitrogens with one attached hydrogen (secondary N) is 1. The molecule has 1 aliphatic carbocycles. The fourth-order valence-corrected chi connectivity index (χ4v) is 7.54. The van der Waals surface area contributed by atoms with Crippen LogP contribution in [0.3, 0.4) is 0 Å². The fraction of sp³-hybridized carbons (Fsp3) is 0.552. The van der Waals surface area contributed by atoms with E-state index in [4.69, 9.17) is 16.3 Å². The van der Waals surface area contributed by atoms with Crippen LogP contribution in [0.1, 0.15) is 38.5 Å². The zero-order chi connectivity index (χ0) is 27.6. The standard InChI is InChI=1S/C29H38ClN3O5S/c1-32-18-25(34)17-31-39(36,37)27-11-8-23(21-6-9-24(30)10-7-21)16-26(27)38-20-29(19-32)12-14-33(15-13-29)28(35)22-4-2-3-5-22/h6-11,16,22,25,31,34H,2-5,12-15,17-20H2,1H3. The van der Waals surface area contributed by atoms with Crippen LogP contribution in [-0.2, 0) is 14.8 Å². The van der Waals surface area contributed by atoms with E-state index in [1.165, 1.54) is 0 Å². The van der Waals surface area contributed by atoms with Crippen LogP contribution in [0.25, 0.3) is 11.1 Å². The number of aliphatic hydroxyl groups excluding tert-OH is 1. The minimum Gasteiger partial charge on any atom is -0.492 e. The Morgan fingerprint density at radius 2 is 1.74 bits per heavy atom. The zero-order valence-electron chi connectivity index (χ0n) is 22.4. The largest absolute Gasteiger partial charge is 0.492 e. The number of fused-ring (bicyclic) bond motifs is 1. The highest BCUT2D eigenvalue weighted by molar-refractivity contribution is 7.89. The number of hydrogen-bond acceptors (Lipinski definition) is 6. The topological polar surface area (TPSA) is 99.2 Å². The van der Waals surface area contributed by atoms with Gasteiger partial charge in [-0.1, -0.05) is 42.6 Å². The van der Waals surface area contributed by atoms with Crippen LogP contribution in [0.15, 0.2) is 47.4 Å². The number of likely N-dealkylation sites (tertiary alicyclic amines) is 1. The third kappa shape index (κ3) is 6.60. The molecule has 2 aromatic carbocycles. The Bertz CT molecular complexity index is 1270. The van der Waals surface area contributed by atoms with Gasteiger partial charge in [-0.05, 0) is 68.1 Å². The summed E-state index contributed by atoms with van der Waals surface area (Å²) in [6, 6.07) is 12.4. The molecule has 1 spiro atoms. The molecule has 1 amide bonds. The summed E-state index contributed by atoms with van der Waals surface area (Å²) in [5, 5.41) is 11.2. The molecule has 1 unspecified atom stereocenters. The Balaban J connectivity index is 1.43. The lowest BCUT2D eigenvalue weighted by atomic mass is 9.78. The van der Waals surface area contributed by atoms with Gasteiger partial charge < -0.3 is 19.6 Å². The number of β-amino-alcohol motifs (C(OH)–C–C–N with tert-alkyl or cyclic N) is 1. The molecule has 2 heterocycles. The monoisotopic (exact) mass is 575 g/mol. The van der Waals surface area contributed by atoms with Crippen LogP contribution in [0.4, 0.5) is 0 Å². The summed E-state index contributed by atoms with van der Waals surface area (Å²) in [6.45, 7) is 2.54. The summed E-state index contributed by atoms with van der Waals surface area (Å²) in [5.74, 6) is 0.701. The zero-order valence-corrected chi connectivity index (χ0v) is 24.0. The van der Waals surface area contributed by atoms with E-state index in [-0.39, 0.29) is 34.4 Å². The van der Waals surface area contributed by atoms with Crippen molar-refractivity contribution >= 4 is 27.5 Å². The molecule has 1 saturated carbocycles. The van der Waals surface area contributed by atoms with Crippen LogP contribution in [0.5, 0.6) is 5.75 Å². The second kappa shape index (κ2) is 11.7. The van der Waals surface area contributed by atoms with E-state index in [1.54, 1.807) is 30.3 Å². The molecule has 0 aromatic heterocycles. The molecule has 2 fully saturated rings. The molecule has 8 nitrogen and oxygen atoms in total. The molecular formula is C29H38ClN3O5S. The lowest BCUT2D eigenvalue weighted by molar-refractivity contribution is -0.138. The van der Waals surface area contributed by atoms with Crippen LogP contribution in [0.2, 0.25) is 5.02 Å². The van der Waals surface area contributed by atoms with Crippen molar-refractivity contribution in [3.05, 3.63) is 47.5 Å². The Hall–Kier alpha value is -2.17. The van der Waals surface area contributed by atoms with Gasteiger partial charge in [0.15, 0.2) is 0 Å². The van der Waals surface area contributed by atoms with Gasteiger partial charge >= 0.3 is 0 Å². The van der Waals surface area contributed by atoms with Gasteiger partial charge in [0, 0.05) is 49.1 Å². The number of halogens is 1. The van der Waals surface area contributed by atoms with Crippen molar-refractivity contribution < 1.29 is 23.1 Å². The van der Waals surface area contributed by atoms with Crippen LogP contribution in [0, 0.1) is 11.3 Å². The molecule has 0 bridgehead atoms. The second-order valence-electron chi connectivity index (χ2n) is 11.5. The highest BCUT2D eigenvalue weighted by Crippen LogP contribution is 2.38. The Kier molecular flexibility index (Phi) is 8.54. The third-order valence-corrected chi connectivity index (χ3v) is 10.1. The van der Waals surface area contributed by atoms with E-state index in [1.807, 2.05) is 29.0 Å². The van der Waals surface area contributed by atoms with E-state index in [9.17, 15) is 18.3 Å². The molecule has 39 heavy (non-hydrogen) atoms. The highest BCUT2D eigenvalue weighted by atomic mass is 35.5. The number of hydrogen-bond donors (Lipinski definition) is 2. The van der Waals surface area contributed by atoms with Crippen molar-refractivity contribution in [2.45, 2.75) is 49.5 Å². The number of amides is 1. The summed E-state index contributed by atoms with van der Waals surface area (Å²) in [4.78, 5) is 17.2. The van der Waals surface area contributed by atoms with Crippen molar-refractivity contribution in [2.24, 2.45) is 11.3 Å². The molecule has 3 aliphatic rings. The number of nitrogens with zero attached hydrogens (tertiary/aromatic N) is 2. The van der Waals surface area contributed by atoms with Gasteiger partial charge in [0.25, 0.3) is 0 Å². The van der Waals surface area contributed by atoms with Gasteiger partial charge in [0.2, 0.25) is 15.9 Å². The van der Waals surface area contributed by atoms with Crippen LogP contribution < -0.4 is 9.46 Å². The minimum absolute atomic E-state index is 0.0466. The maximum atomic E-state index is 13.3. The summed E-state index contributed by atoms with van der Waals surface area (Å²) >= 11 is 6.07. The number of carbonyl (C=O) groups excluding carboxylic acids is 1.